The van der Waals surface area contributed by atoms with Crippen molar-refractivity contribution in [3.05, 3.63) is 58.9 Å². The van der Waals surface area contributed by atoms with Gasteiger partial charge in [0.05, 0.1) is 16.0 Å². The van der Waals surface area contributed by atoms with E-state index in [0.717, 1.165) is 43.2 Å². The molecule has 1 aromatic carbocycles. The van der Waals surface area contributed by atoms with Crippen LogP contribution in [0.4, 0.5) is 10.2 Å². The number of hydrogen-bond acceptors (Lipinski definition) is 6. The van der Waals surface area contributed by atoms with Crippen molar-refractivity contribution in [2.75, 3.05) is 5.32 Å². The second kappa shape index (κ2) is 6.76. The number of halogens is 1. The summed E-state index contributed by atoms with van der Waals surface area (Å²) in [6.07, 6.45) is 1.76. The number of benzene rings is 1. The van der Waals surface area contributed by atoms with Gasteiger partial charge in [0.2, 0.25) is 0 Å². The highest BCUT2D eigenvalue weighted by Crippen LogP contribution is 2.37. The van der Waals surface area contributed by atoms with Gasteiger partial charge in [0.1, 0.15) is 22.3 Å². The molecule has 0 spiro atoms. The van der Waals surface area contributed by atoms with Crippen LogP contribution >= 0.6 is 11.3 Å². The molecule has 144 valence electrons. The number of aryl methyl sites for hydroxylation is 2. The van der Waals surface area contributed by atoms with Crippen molar-refractivity contribution in [3.8, 4) is 0 Å². The molecule has 4 rings (SSSR count). The number of aliphatic hydroxyl groups is 1. The minimum atomic E-state index is -1.21. The molecule has 0 aliphatic rings. The van der Waals surface area contributed by atoms with Crippen LogP contribution in [0.5, 0.6) is 0 Å². The fourth-order valence-corrected chi connectivity index (χ4v) is 4.62. The molecule has 0 saturated heterocycles. The molecule has 2 N–H and O–H groups in total. The van der Waals surface area contributed by atoms with E-state index in [9.17, 15) is 9.50 Å². The zero-order chi connectivity index (χ0) is 20.1. The van der Waals surface area contributed by atoms with E-state index < -0.39 is 11.4 Å². The normalized spacial score (nSPS) is 12.1. The van der Waals surface area contributed by atoms with Crippen molar-refractivity contribution in [3.63, 3.8) is 0 Å². The molecule has 0 bridgehead atoms. The predicted octanol–water partition coefficient (Wildman–Crippen LogP) is 4.83. The molecular weight excluding hydrogens is 375 g/mol. The number of aromatic nitrogens is 3. The van der Waals surface area contributed by atoms with Crippen molar-refractivity contribution < 1.29 is 9.50 Å². The SMILES string of the molecule is Cc1nc(C)c2c(n1)sc1c(NCc3ccc(C(C)(C)O)c(F)c3)nccc12. The average Bonchev–Trinajstić information content (AvgIpc) is 2.97. The van der Waals surface area contributed by atoms with Crippen LogP contribution in [0.1, 0.15) is 36.5 Å². The van der Waals surface area contributed by atoms with Gasteiger partial charge in [-0.1, -0.05) is 12.1 Å². The second-order valence-corrected chi connectivity index (χ2v) is 8.40. The van der Waals surface area contributed by atoms with E-state index in [1.165, 1.54) is 6.07 Å². The summed E-state index contributed by atoms with van der Waals surface area (Å²) in [4.78, 5) is 14.4. The quantitative estimate of drug-likeness (QED) is 0.517. The Morgan fingerprint density at radius 1 is 1.18 bits per heavy atom. The Kier molecular flexibility index (Phi) is 4.51. The lowest BCUT2D eigenvalue weighted by Crippen LogP contribution is -2.17. The molecular formula is C21H21FN4OS. The van der Waals surface area contributed by atoms with Crippen LogP contribution in [0.25, 0.3) is 20.3 Å². The monoisotopic (exact) mass is 396 g/mol. The molecule has 0 aliphatic carbocycles. The first kappa shape index (κ1) is 18.7. The third-order valence-electron chi connectivity index (χ3n) is 4.69. The summed E-state index contributed by atoms with van der Waals surface area (Å²) in [6.45, 7) is 7.45. The first-order valence-corrected chi connectivity index (χ1v) is 9.83. The van der Waals surface area contributed by atoms with Gasteiger partial charge < -0.3 is 10.4 Å². The van der Waals surface area contributed by atoms with E-state index in [4.69, 9.17) is 0 Å². The fourth-order valence-electron chi connectivity index (χ4n) is 3.39. The highest BCUT2D eigenvalue weighted by molar-refractivity contribution is 7.26. The third-order valence-corrected chi connectivity index (χ3v) is 5.80. The number of pyridine rings is 1. The van der Waals surface area contributed by atoms with Crippen molar-refractivity contribution in [1.29, 1.82) is 0 Å². The number of anilines is 1. The maximum absolute atomic E-state index is 14.3. The molecule has 0 aliphatic heterocycles. The van der Waals surface area contributed by atoms with E-state index in [1.807, 2.05) is 26.0 Å². The van der Waals surface area contributed by atoms with E-state index in [0.29, 0.717) is 6.54 Å². The van der Waals surface area contributed by atoms with Gasteiger partial charge in [-0.25, -0.2) is 19.3 Å². The number of nitrogens with one attached hydrogen (secondary N) is 1. The van der Waals surface area contributed by atoms with E-state index >= 15 is 0 Å². The molecule has 0 saturated carbocycles. The number of thiophene rings is 1. The van der Waals surface area contributed by atoms with Crippen LogP contribution in [0.2, 0.25) is 0 Å². The van der Waals surface area contributed by atoms with Gasteiger partial charge in [-0.05, 0) is 45.4 Å². The number of nitrogens with zero attached hydrogens (tertiary/aromatic N) is 3. The summed E-state index contributed by atoms with van der Waals surface area (Å²) in [5.74, 6) is 1.08. The molecule has 0 fully saturated rings. The first-order chi connectivity index (χ1) is 13.2. The van der Waals surface area contributed by atoms with E-state index in [1.54, 1.807) is 37.4 Å². The van der Waals surface area contributed by atoms with Crippen LogP contribution < -0.4 is 5.32 Å². The molecule has 4 aromatic rings. The Morgan fingerprint density at radius 2 is 1.96 bits per heavy atom. The highest BCUT2D eigenvalue weighted by Gasteiger charge is 2.20. The van der Waals surface area contributed by atoms with Gasteiger partial charge in [0, 0.05) is 29.1 Å². The van der Waals surface area contributed by atoms with Crippen molar-refractivity contribution in [2.45, 2.75) is 39.8 Å². The fraction of sp³-hybridized carbons (Fsp3) is 0.286. The third kappa shape index (κ3) is 3.31. The molecule has 28 heavy (non-hydrogen) atoms. The molecule has 3 aromatic heterocycles. The smallest absolute Gasteiger partial charge is 0.144 e. The summed E-state index contributed by atoms with van der Waals surface area (Å²) in [7, 11) is 0. The molecule has 0 amide bonds. The predicted molar refractivity (Wildman–Crippen MR) is 111 cm³/mol. The van der Waals surface area contributed by atoms with Gasteiger partial charge in [-0.15, -0.1) is 11.3 Å². The van der Waals surface area contributed by atoms with E-state index in [2.05, 4.69) is 20.3 Å². The van der Waals surface area contributed by atoms with Gasteiger partial charge in [0.25, 0.3) is 0 Å². The van der Waals surface area contributed by atoms with Crippen LogP contribution in [0, 0.1) is 19.7 Å². The molecule has 5 nitrogen and oxygen atoms in total. The summed E-state index contributed by atoms with van der Waals surface area (Å²) in [6, 6.07) is 6.86. The second-order valence-electron chi connectivity index (χ2n) is 7.40. The Balaban J connectivity index is 1.67. The standard InChI is InChI=1S/C21H21FN4OS/c1-11-17-14-7-8-23-19(18(14)28-20(17)26-12(2)25-11)24-10-13-5-6-15(16(22)9-13)21(3,4)27/h5-9,27H,10H2,1-4H3,(H,23,24). The number of hydrogen-bond donors (Lipinski definition) is 2. The number of rotatable bonds is 4. The summed E-state index contributed by atoms with van der Waals surface area (Å²) in [5, 5.41) is 15.4. The zero-order valence-electron chi connectivity index (χ0n) is 16.2. The Hall–Kier alpha value is -2.64. The minimum Gasteiger partial charge on any atom is -0.386 e. The van der Waals surface area contributed by atoms with Crippen LogP contribution in [0.15, 0.2) is 30.5 Å². The number of fused-ring (bicyclic) bond motifs is 3. The Morgan fingerprint density at radius 3 is 2.68 bits per heavy atom. The molecule has 0 atom stereocenters. The lowest BCUT2D eigenvalue weighted by atomic mass is 9.96. The summed E-state index contributed by atoms with van der Waals surface area (Å²) in [5.41, 5.74) is 0.801. The van der Waals surface area contributed by atoms with E-state index in [-0.39, 0.29) is 5.56 Å². The maximum Gasteiger partial charge on any atom is 0.144 e. The molecule has 3 heterocycles. The van der Waals surface area contributed by atoms with Gasteiger partial charge in [-0.3, -0.25) is 0 Å². The molecule has 7 heteroatoms. The lowest BCUT2D eigenvalue weighted by Gasteiger charge is -2.19. The average molecular weight is 396 g/mol. The first-order valence-electron chi connectivity index (χ1n) is 9.01. The molecule has 0 radical (unpaired) electrons. The van der Waals surface area contributed by atoms with Crippen LogP contribution in [-0.4, -0.2) is 20.1 Å². The van der Waals surface area contributed by atoms with Crippen molar-refractivity contribution in [1.82, 2.24) is 15.0 Å². The largest absolute Gasteiger partial charge is 0.386 e. The van der Waals surface area contributed by atoms with Gasteiger partial charge in [-0.2, -0.15) is 0 Å². The van der Waals surface area contributed by atoms with Crippen molar-refractivity contribution in [2.24, 2.45) is 0 Å². The van der Waals surface area contributed by atoms with Crippen molar-refractivity contribution >= 4 is 37.5 Å². The van der Waals surface area contributed by atoms with Crippen LogP contribution in [-0.2, 0) is 12.1 Å². The maximum atomic E-state index is 14.3. The lowest BCUT2D eigenvalue weighted by molar-refractivity contribution is 0.0745. The van der Waals surface area contributed by atoms with Crippen LogP contribution in [0.3, 0.4) is 0 Å². The Bertz CT molecular complexity index is 1200. The topological polar surface area (TPSA) is 70.9 Å². The molecule has 0 unspecified atom stereocenters. The summed E-state index contributed by atoms with van der Waals surface area (Å²) < 4.78 is 15.3. The Labute approximate surface area is 166 Å². The zero-order valence-corrected chi connectivity index (χ0v) is 17.0. The van der Waals surface area contributed by atoms with Gasteiger partial charge in [0.15, 0.2) is 0 Å². The van der Waals surface area contributed by atoms with Gasteiger partial charge >= 0.3 is 0 Å². The minimum absolute atomic E-state index is 0.283. The summed E-state index contributed by atoms with van der Waals surface area (Å²) >= 11 is 1.58. The highest BCUT2D eigenvalue weighted by atomic mass is 32.1.